The minimum atomic E-state index is -1.02. The number of carbonyl (C=O) groups is 1. The van der Waals surface area contributed by atoms with E-state index >= 15 is 0 Å². The highest BCUT2D eigenvalue weighted by Gasteiger charge is 2.15. The number of pyridine rings is 1. The number of aromatic nitrogens is 4. The van der Waals surface area contributed by atoms with Crippen LogP contribution in [-0.4, -0.2) is 30.8 Å². The van der Waals surface area contributed by atoms with Crippen molar-refractivity contribution in [2.45, 2.75) is 0 Å². The lowest BCUT2D eigenvalue weighted by atomic mass is 10.1. The van der Waals surface area contributed by atoms with Crippen molar-refractivity contribution in [1.82, 2.24) is 19.7 Å². The molecule has 0 saturated heterocycles. The highest BCUT2D eigenvalue weighted by Crippen LogP contribution is 2.26. The second-order valence-corrected chi connectivity index (χ2v) is 6.29. The van der Waals surface area contributed by atoms with Gasteiger partial charge in [0.2, 0.25) is 0 Å². The molecule has 2 heterocycles. The van der Waals surface area contributed by atoms with Gasteiger partial charge in [-0.15, -0.1) is 5.10 Å². The van der Waals surface area contributed by atoms with Gasteiger partial charge in [-0.1, -0.05) is 34.1 Å². The Morgan fingerprint density at radius 1 is 1.08 bits per heavy atom. The first-order chi connectivity index (χ1) is 12.1. The summed E-state index contributed by atoms with van der Waals surface area (Å²) in [5.41, 5.74) is 2.03. The van der Waals surface area contributed by atoms with E-state index in [1.165, 1.54) is 6.07 Å². The van der Waals surface area contributed by atoms with Crippen LogP contribution in [-0.2, 0) is 0 Å². The third kappa shape index (κ3) is 2.89. The number of carboxylic acids is 1. The van der Waals surface area contributed by atoms with Crippen LogP contribution >= 0.6 is 15.9 Å². The molecular formula is C18H11BrN4O2. The quantitative estimate of drug-likeness (QED) is 0.568. The molecule has 0 aliphatic carbocycles. The second-order valence-electron chi connectivity index (χ2n) is 5.37. The molecule has 0 spiro atoms. The molecule has 0 aliphatic heterocycles. The van der Waals surface area contributed by atoms with Gasteiger partial charge in [-0.2, -0.15) is 0 Å². The molecule has 4 aromatic rings. The molecule has 122 valence electrons. The fourth-order valence-electron chi connectivity index (χ4n) is 2.58. The fourth-order valence-corrected chi connectivity index (χ4v) is 2.94. The maximum Gasteiger partial charge on any atom is 0.336 e. The van der Waals surface area contributed by atoms with Crippen LogP contribution in [0.5, 0.6) is 0 Å². The first-order valence-corrected chi connectivity index (χ1v) is 8.22. The van der Waals surface area contributed by atoms with Crippen molar-refractivity contribution in [3.63, 3.8) is 0 Å². The van der Waals surface area contributed by atoms with Gasteiger partial charge in [-0.25, -0.2) is 19.4 Å². The lowest BCUT2D eigenvalue weighted by Crippen LogP contribution is -2.01. The van der Waals surface area contributed by atoms with Crippen molar-refractivity contribution in [2.24, 2.45) is 0 Å². The maximum atomic E-state index is 11.6. The van der Waals surface area contributed by atoms with E-state index in [2.05, 4.69) is 31.0 Å². The maximum absolute atomic E-state index is 11.6. The molecule has 1 N–H and O–H groups in total. The lowest BCUT2D eigenvalue weighted by Gasteiger charge is -2.05. The molecule has 25 heavy (non-hydrogen) atoms. The van der Waals surface area contributed by atoms with Gasteiger partial charge in [-0.05, 0) is 36.4 Å². The number of carboxylic acid groups (broad SMARTS) is 1. The minimum Gasteiger partial charge on any atom is -0.478 e. The van der Waals surface area contributed by atoms with E-state index < -0.39 is 5.97 Å². The zero-order valence-corrected chi connectivity index (χ0v) is 14.4. The molecule has 6 nitrogen and oxygen atoms in total. The van der Waals surface area contributed by atoms with Crippen molar-refractivity contribution < 1.29 is 9.90 Å². The monoisotopic (exact) mass is 394 g/mol. The number of aromatic carboxylic acids is 1. The van der Waals surface area contributed by atoms with Gasteiger partial charge >= 0.3 is 5.97 Å². The Balaban J connectivity index is 1.86. The number of rotatable bonds is 3. The summed E-state index contributed by atoms with van der Waals surface area (Å²) in [4.78, 5) is 20.4. The van der Waals surface area contributed by atoms with Crippen LogP contribution in [0.15, 0.2) is 65.4 Å². The van der Waals surface area contributed by atoms with Crippen LogP contribution in [0.2, 0.25) is 0 Å². The summed E-state index contributed by atoms with van der Waals surface area (Å²) in [5, 5.41) is 14.5. The second kappa shape index (κ2) is 6.10. The van der Waals surface area contributed by atoms with E-state index in [1.807, 2.05) is 36.4 Å². The van der Waals surface area contributed by atoms with Crippen LogP contribution in [0.1, 0.15) is 10.4 Å². The van der Waals surface area contributed by atoms with E-state index in [4.69, 9.17) is 0 Å². The molecule has 4 rings (SSSR count). The van der Waals surface area contributed by atoms with Crippen LogP contribution in [0, 0.1) is 0 Å². The van der Waals surface area contributed by atoms with E-state index in [1.54, 1.807) is 23.1 Å². The van der Waals surface area contributed by atoms with Gasteiger partial charge in [0, 0.05) is 9.86 Å². The van der Waals surface area contributed by atoms with Gasteiger partial charge < -0.3 is 5.11 Å². The van der Waals surface area contributed by atoms with Crippen molar-refractivity contribution in [2.75, 3.05) is 0 Å². The molecule has 7 heteroatoms. The molecule has 0 aliphatic rings. The number of benzene rings is 2. The van der Waals surface area contributed by atoms with Crippen molar-refractivity contribution in [3.05, 3.63) is 71.0 Å². The van der Waals surface area contributed by atoms with Crippen LogP contribution in [0.4, 0.5) is 0 Å². The summed E-state index contributed by atoms with van der Waals surface area (Å²) in [5.74, 6) is -0.648. The molecule has 0 radical (unpaired) electrons. The zero-order chi connectivity index (χ0) is 17.4. The van der Waals surface area contributed by atoms with E-state index in [-0.39, 0.29) is 5.56 Å². The summed E-state index contributed by atoms with van der Waals surface area (Å²) in [6, 6.07) is 16.4. The van der Waals surface area contributed by atoms with E-state index in [0.29, 0.717) is 22.4 Å². The Bertz CT molecular complexity index is 1090. The predicted molar refractivity (Wildman–Crippen MR) is 96.8 cm³/mol. The van der Waals surface area contributed by atoms with Gasteiger partial charge in [-0.3, -0.25) is 0 Å². The number of hydrogen-bond donors (Lipinski definition) is 1. The third-order valence-electron chi connectivity index (χ3n) is 3.74. The van der Waals surface area contributed by atoms with Crippen molar-refractivity contribution in [1.29, 1.82) is 0 Å². The normalized spacial score (nSPS) is 10.9. The van der Waals surface area contributed by atoms with Gasteiger partial charge in [0.25, 0.3) is 0 Å². The van der Waals surface area contributed by atoms with Gasteiger partial charge in [0.05, 0.1) is 16.8 Å². The summed E-state index contributed by atoms with van der Waals surface area (Å²) in [6.45, 7) is 0. The van der Waals surface area contributed by atoms with E-state index in [9.17, 15) is 9.90 Å². The van der Waals surface area contributed by atoms with Crippen LogP contribution < -0.4 is 0 Å². The number of nitrogens with zero attached hydrogens (tertiary/aromatic N) is 4. The Hall–Kier alpha value is -3.06. The standard InChI is InChI=1S/C18H11BrN4O2/c19-11-6-7-15-13(8-11)14(18(24)25)9-16(21-15)17-20-10-23(22-17)12-4-2-1-3-5-12/h1-10H,(H,24,25). The van der Waals surface area contributed by atoms with Crippen LogP contribution in [0.25, 0.3) is 28.1 Å². The minimum absolute atomic E-state index is 0.164. The Kier molecular flexibility index (Phi) is 3.77. The molecule has 0 bridgehead atoms. The largest absolute Gasteiger partial charge is 0.478 e. The summed E-state index contributed by atoms with van der Waals surface area (Å²) < 4.78 is 2.42. The number of hydrogen-bond acceptors (Lipinski definition) is 4. The smallest absolute Gasteiger partial charge is 0.336 e. The average Bonchev–Trinajstić information content (AvgIpc) is 3.11. The molecule has 0 fully saturated rings. The molecule has 0 amide bonds. The molecule has 0 saturated carbocycles. The number of halogens is 1. The number of fused-ring (bicyclic) bond motifs is 1. The first-order valence-electron chi connectivity index (χ1n) is 7.43. The molecule has 2 aromatic carbocycles. The Morgan fingerprint density at radius 3 is 2.64 bits per heavy atom. The average molecular weight is 395 g/mol. The van der Waals surface area contributed by atoms with Gasteiger partial charge in [0.15, 0.2) is 5.82 Å². The lowest BCUT2D eigenvalue weighted by molar-refractivity contribution is 0.0699. The number of para-hydroxylation sites is 1. The highest BCUT2D eigenvalue weighted by molar-refractivity contribution is 9.10. The molecule has 0 atom stereocenters. The SMILES string of the molecule is O=C(O)c1cc(-c2ncn(-c3ccccc3)n2)nc2ccc(Br)cc12. The summed E-state index contributed by atoms with van der Waals surface area (Å²) in [7, 11) is 0. The topological polar surface area (TPSA) is 80.9 Å². The highest BCUT2D eigenvalue weighted by atomic mass is 79.9. The Labute approximate surface area is 150 Å². The van der Waals surface area contributed by atoms with Gasteiger partial charge in [0.1, 0.15) is 12.0 Å². The van der Waals surface area contributed by atoms with Crippen molar-refractivity contribution >= 4 is 32.8 Å². The Morgan fingerprint density at radius 2 is 1.88 bits per heavy atom. The predicted octanol–water partition coefficient (Wildman–Crippen LogP) is 3.94. The molecular weight excluding hydrogens is 384 g/mol. The zero-order valence-electron chi connectivity index (χ0n) is 12.8. The van der Waals surface area contributed by atoms with Crippen molar-refractivity contribution in [3.8, 4) is 17.2 Å². The van der Waals surface area contributed by atoms with E-state index in [0.717, 1.165) is 10.2 Å². The molecule has 0 unspecified atom stereocenters. The van der Waals surface area contributed by atoms with Crippen LogP contribution in [0.3, 0.4) is 0 Å². The summed E-state index contributed by atoms with van der Waals surface area (Å²) in [6.07, 6.45) is 1.58. The first kappa shape index (κ1) is 15.5. The molecule has 2 aromatic heterocycles. The summed E-state index contributed by atoms with van der Waals surface area (Å²) >= 11 is 3.36. The third-order valence-corrected chi connectivity index (χ3v) is 4.24. The fraction of sp³-hybridized carbons (Fsp3) is 0.